The van der Waals surface area contributed by atoms with E-state index in [0.717, 1.165) is 85.1 Å². The Labute approximate surface area is 332 Å². The molecule has 0 spiro atoms. The fourth-order valence-corrected chi connectivity index (χ4v) is 11.4. The molecular formula is C43H55N3O3S4. The van der Waals surface area contributed by atoms with Crippen molar-refractivity contribution >= 4 is 68.6 Å². The molecule has 0 atom stereocenters. The van der Waals surface area contributed by atoms with E-state index in [1.807, 2.05) is 6.92 Å². The van der Waals surface area contributed by atoms with E-state index in [-0.39, 0.29) is 11.8 Å². The van der Waals surface area contributed by atoms with Gasteiger partial charge in [0.2, 0.25) is 0 Å². The number of unbranched alkanes of at least 4 members (excludes halogenated alkanes) is 14. The summed E-state index contributed by atoms with van der Waals surface area (Å²) in [6.07, 6.45) is 19.4. The van der Waals surface area contributed by atoms with Crippen LogP contribution in [0.5, 0.6) is 5.75 Å². The molecule has 1 aliphatic rings. The molecule has 0 aliphatic carbocycles. The van der Waals surface area contributed by atoms with Crippen molar-refractivity contribution in [2.75, 3.05) is 13.2 Å². The summed E-state index contributed by atoms with van der Waals surface area (Å²) in [5.74, 6) is 0.596. The van der Waals surface area contributed by atoms with E-state index >= 15 is 0 Å². The highest BCUT2D eigenvalue weighted by Gasteiger charge is 2.41. The van der Waals surface area contributed by atoms with Crippen molar-refractivity contribution in [1.29, 1.82) is 0 Å². The Hall–Kier alpha value is -2.92. The number of hydrogen-bond donors (Lipinski definition) is 0. The van der Waals surface area contributed by atoms with Gasteiger partial charge in [0.05, 0.1) is 39.9 Å². The lowest BCUT2D eigenvalue weighted by Gasteiger charge is -2.17. The molecule has 6 nitrogen and oxygen atoms in total. The first-order chi connectivity index (χ1) is 25.8. The first kappa shape index (κ1) is 39.8. The summed E-state index contributed by atoms with van der Waals surface area (Å²) < 4.78 is 16.4. The Morgan fingerprint density at radius 2 is 1.13 bits per heavy atom. The van der Waals surface area contributed by atoms with E-state index in [9.17, 15) is 9.59 Å². The van der Waals surface area contributed by atoms with Crippen LogP contribution >= 0.6 is 45.7 Å². The van der Waals surface area contributed by atoms with Gasteiger partial charge in [0.1, 0.15) is 16.8 Å². The number of aromatic nitrogens is 2. The van der Waals surface area contributed by atoms with Gasteiger partial charge in [-0.1, -0.05) is 104 Å². The molecule has 5 heterocycles. The fourth-order valence-electron chi connectivity index (χ4n) is 7.54. The minimum atomic E-state index is -0.143. The van der Waals surface area contributed by atoms with Crippen LogP contribution in [0.3, 0.4) is 0 Å². The summed E-state index contributed by atoms with van der Waals surface area (Å²) in [6.45, 7) is 11.9. The van der Waals surface area contributed by atoms with E-state index in [4.69, 9.17) is 13.5 Å². The van der Waals surface area contributed by atoms with Gasteiger partial charge in [-0.15, -0.1) is 34.0 Å². The molecule has 0 N–H and O–H groups in total. The quantitative estimate of drug-likeness (QED) is 0.0516. The Kier molecular flexibility index (Phi) is 14.3. The molecule has 6 rings (SSSR count). The van der Waals surface area contributed by atoms with Gasteiger partial charge in [0.15, 0.2) is 0 Å². The largest absolute Gasteiger partial charge is 0.493 e. The maximum atomic E-state index is 13.9. The minimum Gasteiger partial charge on any atom is -0.493 e. The van der Waals surface area contributed by atoms with Crippen molar-refractivity contribution in [2.24, 2.45) is 0 Å². The van der Waals surface area contributed by atoms with Crippen LogP contribution < -0.4 is 4.74 Å². The predicted molar refractivity (Wildman–Crippen MR) is 228 cm³/mol. The van der Waals surface area contributed by atoms with Crippen LogP contribution in [0.2, 0.25) is 0 Å². The molecule has 0 saturated heterocycles. The van der Waals surface area contributed by atoms with Gasteiger partial charge >= 0.3 is 0 Å². The maximum Gasteiger partial charge on any atom is 0.263 e. The molecule has 1 aliphatic heterocycles. The highest BCUT2D eigenvalue weighted by molar-refractivity contribution is 7.24. The summed E-state index contributed by atoms with van der Waals surface area (Å²) in [5.41, 5.74) is 6.09. The molecular weight excluding hydrogens is 735 g/mol. The van der Waals surface area contributed by atoms with E-state index < -0.39 is 0 Å². The van der Waals surface area contributed by atoms with Gasteiger partial charge in [0.25, 0.3) is 11.8 Å². The molecule has 2 amide bonds. The molecule has 284 valence electrons. The van der Waals surface area contributed by atoms with Crippen molar-refractivity contribution in [1.82, 2.24) is 13.6 Å². The summed E-state index contributed by atoms with van der Waals surface area (Å²) >= 11 is 6.22. The van der Waals surface area contributed by atoms with Crippen LogP contribution in [-0.4, -0.2) is 38.6 Å². The van der Waals surface area contributed by atoms with E-state index in [2.05, 4.69) is 52.0 Å². The topological polar surface area (TPSA) is 72.4 Å². The molecule has 53 heavy (non-hydrogen) atoms. The van der Waals surface area contributed by atoms with E-state index in [0.29, 0.717) is 24.3 Å². The van der Waals surface area contributed by atoms with Crippen LogP contribution in [0, 0.1) is 20.8 Å². The number of carbonyl (C=O) groups excluding carboxylic acids is 2. The Morgan fingerprint density at radius 1 is 0.585 bits per heavy atom. The second-order valence-electron chi connectivity index (χ2n) is 14.5. The van der Waals surface area contributed by atoms with Crippen molar-refractivity contribution in [3.63, 3.8) is 0 Å². The lowest BCUT2D eigenvalue weighted by Crippen LogP contribution is -2.31. The Bertz CT molecular complexity index is 2000. The molecule has 0 bridgehead atoms. The third-order valence-electron chi connectivity index (χ3n) is 10.4. The number of benzene rings is 1. The number of hydrogen-bond acceptors (Lipinski definition) is 9. The van der Waals surface area contributed by atoms with Crippen LogP contribution in [0.4, 0.5) is 0 Å². The third-order valence-corrected chi connectivity index (χ3v) is 14.4. The number of nitrogens with zero attached hydrogens (tertiary/aromatic N) is 3. The molecule has 1 aromatic carbocycles. The fraction of sp³-hybridized carbons (Fsp3) is 0.535. The zero-order valence-corrected chi connectivity index (χ0v) is 35.5. The van der Waals surface area contributed by atoms with Crippen LogP contribution in [0.15, 0.2) is 24.3 Å². The first-order valence-electron chi connectivity index (χ1n) is 19.9. The number of imide groups is 1. The van der Waals surface area contributed by atoms with Gasteiger partial charge in [-0.05, 0) is 57.9 Å². The molecule has 5 aromatic rings. The van der Waals surface area contributed by atoms with Crippen LogP contribution in [0.1, 0.15) is 153 Å². The molecule has 10 heteroatoms. The number of fused-ring (bicyclic) bond motifs is 2. The standard InChI is InChI=1S/C43H55N3O3S4/c1-6-8-10-12-14-15-16-17-18-20-26-46-42(47)35-30(5)51-41(37(35)43(46)48)33-25-24-32(52-33)36-39-38(44-53-45-39)34(31-23-22-28(3)50-31)29(4)40(36)49-27-21-19-13-11-9-7-2/h22-25H,6-21,26-27H2,1-5H3. The van der Waals surface area contributed by atoms with Gasteiger partial charge in [-0.2, -0.15) is 8.75 Å². The van der Waals surface area contributed by atoms with Gasteiger partial charge in [-0.3, -0.25) is 14.5 Å². The van der Waals surface area contributed by atoms with Gasteiger partial charge in [-0.25, -0.2) is 0 Å². The number of rotatable bonds is 22. The van der Waals surface area contributed by atoms with Crippen LogP contribution in [0.25, 0.3) is 41.7 Å². The zero-order valence-electron chi connectivity index (χ0n) is 32.2. The van der Waals surface area contributed by atoms with Crippen LogP contribution in [-0.2, 0) is 0 Å². The molecule has 4 aromatic heterocycles. The molecule has 0 unspecified atom stereocenters. The summed E-state index contributed by atoms with van der Waals surface area (Å²) in [6, 6.07) is 8.57. The van der Waals surface area contributed by atoms with E-state index in [1.165, 1.54) is 97.0 Å². The monoisotopic (exact) mass is 789 g/mol. The Morgan fingerprint density at radius 3 is 1.77 bits per heavy atom. The van der Waals surface area contributed by atoms with Gasteiger partial charge < -0.3 is 4.74 Å². The van der Waals surface area contributed by atoms with Crippen molar-refractivity contribution < 1.29 is 14.3 Å². The normalized spacial score (nSPS) is 12.9. The molecule has 0 saturated carbocycles. The average molecular weight is 790 g/mol. The van der Waals surface area contributed by atoms with Gasteiger partial charge in [0, 0.05) is 42.1 Å². The smallest absolute Gasteiger partial charge is 0.263 e. The summed E-state index contributed by atoms with van der Waals surface area (Å²) in [4.78, 5) is 35.3. The number of thiophene rings is 3. The second-order valence-corrected chi connectivity index (χ2v) is 18.7. The first-order valence-corrected chi connectivity index (χ1v) is 23.1. The summed E-state index contributed by atoms with van der Waals surface area (Å²) in [7, 11) is 0. The predicted octanol–water partition coefficient (Wildman–Crippen LogP) is 14.1. The highest BCUT2D eigenvalue weighted by Crippen LogP contribution is 2.51. The Balaban J connectivity index is 1.23. The van der Waals surface area contributed by atoms with Crippen molar-refractivity contribution in [3.05, 3.63) is 50.7 Å². The third kappa shape index (κ3) is 8.98. The second kappa shape index (κ2) is 19.1. The number of ether oxygens (including phenoxy) is 1. The highest BCUT2D eigenvalue weighted by atomic mass is 32.1. The molecule has 0 radical (unpaired) electrons. The number of amides is 2. The van der Waals surface area contributed by atoms with Crippen molar-refractivity contribution in [2.45, 2.75) is 137 Å². The average Bonchev–Trinajstić information content (AvgIpc) is 3.99. The number of aryl methyl sites for hydroxylation is 2. The SMILES string of the molecule is CCCCCCCCCCCCN1C(=O)c2c(C)sc(-c3ccc(-c4c(OCCCCCCCC)c(C)c(-c5ccc(C)s5)c5nsnc45)s3)c2C1=O. The maximum absolute atomic E-state index is 13.9. The summed E-state index contributed by atoms with van der Waals surface area (Å²) in [5, 5.41) is 0. The lowest BCUT2D eigenvalue weighted by molar-refractivity contribution is 0.0651. The molecule has 0 fully saturated rings. The number of carbonyl (C=O) groups is 2. The minimum absolute atomic E-state index is 0.131. The lowest BCUT2D eigenvalue weighted by atomic mass is 9.98. The van der Waals surface area contributed by atoms with E-state index in [1.54, 1.807) is 34.0 Å². The zero-order chi connectivity index (χ0) is 37.3. The van der Waals surface area contributed by atoms with Crippen molar-refractivity contribution in [3.8, 4) is 36.4 Å².